The van der Waals surface area contributed by atoms with E-state index >= 15 is 0 Å². The van der Waals surface area contributed by atoms with E-state index in [0.29, 0.717) is 12.4 Å². The Balaban J connectivity index is 1.57. The summed E-state index contributed by atoms with van der Waals surface area (Å²) in [6.45, 7) is 0.507. The van der Waals surface area contributed by atoms with Gasteiger partial charge in [-0.05, 0) is 29.8 Å². The van der Waals surface area contributed by atoms with Crippen molar-refractivity contribution in [1.82, 2.24) is 9.55 Å². The highest BCUT2D eigenvalue weighted by molar-refractivity contribution is 5.99. The van der Waals surface area contributed by atoms with Crippen LogP contribution in [0.2, 0.25) is 0 Å². The van der Waals surface area contributed by atoms with Crippen molar-refractivity contribution in [3.05, 3.63) is 99.9 Å². The van der Waals surface area contributed by atoms with Crippen LogP contribution in [0.5, 0.6) is 0 Å². The van der Waals surface area contributed by atoms with E-state index in [2.05, 4.69) is 15.5 Å². The Bertz CT molecular complexity index is 1300. The number of nitro groups is 1. The van der Waals surface area contributed by atoms with Gasteiger partial charge in [-0.1, -0.05) is 30.3 Å². The average molecular weight is 415 g/mol. The Morgan fingerprint density at radius 1 is 1.19 bits per heavy atom. The number of para-hydroxylation sites is 1. The van der Waals surface area contributed by atoms with Crippen molar-refractivity contribution in [2.75, 3.05) is 5.43 Å². The number of fused-ring (bicyclic) bond motifs is 1. The summed E-state index contributed by atoms with van der Waals surface area (Å²) < 4.78 is 2.03. The lowest BCUT2D eigenvalue weighted by molar-refractivity contribution is -0.385. The van der Waals surface area contributed by atoms with Crippen LogP contribution in [0.1, 0.15) is 21.5 Å². The SMILES string of the molecule is O=C(O)c1cccc(Cn2cc(/C=N/Nc3ccc([N+](=O)[O-])cn3)c3ccccc32)c1. The largest absolute Gasteiger partial charge is 0.478 e. The number of benzene rings is 2. The number of nitrogens with one attached hydrogen (secondary N) is 1. The van der Waals surface area contributed by atoms with Gasteiger partial charge < -0.3 is 9.67 Å². The number of aromatic nitrogens is 2. The molecular weight excluding hydrogens is 398 g/mol. The van der Waals surface area contributed by atoms with Gasteiger partial charge in [0.2, 0.25) is 0 Å². The molecule has 0 aliphatic rings. The van der Waals surface area contributed by atoms with Gasteiger partial charge in [0.1, 0.15) is 12.0 Å². The molecule has 2 aromatic carbocycles. The van der Waals surface area contributed by atoms with Crippen LogP contribution in [0.15, 0.2) is 78.2 Å². The Morgan fingerprint density at radius 3 is 2.77 bits per heavy atom. The van der Waals surface area contributed by atoms with E-state index in [1.165, 1.54) is 12.1 Å². The third-order valence-corrected chi connectivity index (χ3v) is 4.69. The molecule has 0 spiro atoms. The summed E-state index contributed by atoms with van der Waals surface area (Å²) in [5.41, 5.74) is 5.63. The van der Waals surface area contributed by atoms with Crippen molar-refractivity contribution < 1.29 is 14.8 Å². The molecule has 0 amide bonds. The molecule has 0 aliphatic carbocycles. The molecule has 0 unspecified atom stereocenters. The molecule has 31 heavy (non-hydrogen) atoms. The normalized spacial score (nSPS) is 11.1. The summed E-state index contributed by atoms with van der Waals surface area (Å²) in [6, 6.07) is 17.5. The van der Waals surface area contributed by atoms with E-state index < -0.39 is 10.9 Å². The number of nitrogens with zero attached hydrogens (tertiary/aromatic N) is 4. The van der Waals surface area contributed by atoms with Gasteiger partial charge >= 0.3 is 5.97 Å². The van der Waals surface area contributed by atoms with Crippen LogP contribution in [0.4, 0.5) is 11.5 Å². The fourth-order valence-corrected chi connectivity index (χ4v) is 3.24. The second kappa shape index (κ2) is 8.46. The minimum atomic E-state index is -0.960. The molecule has 2 aromatic heterocycles. The zero-order valence-corrected chi connectivity index (χ0v) is 16.2. The summed E-state index contributed by atoms with van der Waals surface area (Å²) in [7, 11) is 0. The first kappa shape index (κ1) is 19.8. The van der Waals surface area contributed by atoms with Crippen LogP contribution >= 0.6 is 0 Å². The fraction of sp³-hybridized carbons (Fsp3) is 0.0455. The maximum Gasteiger partial charge on any atom is 0.335 e. The first-order valence-corrected chi connectivity index (χ1v) is 9.31. The highest BCUT2D eigenvalue weighted by Crippen LogP contribution is 2.22. The molecule has 0 atom stereocenters. The topological polar surface area (TPSA) is 123 Å². The Labute approximate surface area is 176 Å². The third kappa shape index (κ3) is 4.40. The van der Waals surface area contributed by atoms with E-state index in [1.807, 2.05) is 41.1 Å². The fourth-order valence-electron chi connectivity index (χ4n) is 3.24. The van der Waals surface area contributed by atoms with Crippen molar-refractivity contribution in [3.8, 4) is 0 Å². The van der Waals surface area contributed by atoms with Crippen molar-refractivity contribution in [2.45, 2.75) is 6.54 Å². The predicted molar refractivity (Wildman–Crippen MR) is 117 cm³/mol. The van der Waals surface area contributed by atoms with E-state index in [9.17, 15) is 20.0 Å². The van der Waals surface area contributed by atoms with Gasteiger partial charge in [-0.3, -0.25) is 15.5 Å². The quantitative estimate of drug-likeness (QED) is 0.266. The van der Waals surface area contributed by atoms with Crippen molar-refractivity contribution >= 4 is 34.6 Å². The minimum absolute atomic E-state index is 0.0930. The van der Waals surface area contributed by atoms with E-state index in [-0.39, 0.29) is 11.3 Å². The molecule has 9 nitrogen and oxygen atoms in total. The molecular formula is C22H17N5O4. The standard InChI is InChI=1S/C22H17N5O4/c28-22(29)16-5-3-4-15(10-16)13-26-14-17(19-6-1-2-7-20(19)26)11-24-25-21-9-8-18(12-23-21)27(30)31/h1-12,14H,13H2,(H,23,25)(H,28,29)/b24-11+. The first-order chi connectivity index (χ1) is 15.0. The first-order valence-electron chi connectivity index (χ1n) is 9.31. The van der Waals surface area contributed by atoms with E-state index in [0.717, 1.165) is 28.2 Å². The lowest BCUT2D eigenvalue weighted by Crippen LogP contribution is -2.01. The molecule has 2 N–H and O–H groups in total. The van der Waals surface area contributed by atoms with Crippen LogP contribution in [0.25, 0.3) is 10.9 Å². The van der Waals surface area contributed by atoms with Gasteiger partial charge in [0.05, 0.1) is 16.7 Å². The van der Waals surface area contributed by atoms with Gasteiger partial charge in [0.25, 0.3) is 5.69 Å². The summed E-state index contributed by atoms with van der Waals surface area (Å²) in [4.78, 5) is 25.4. The number of rotatable bonds is 7. The molecule has 4 aromatic rings. The predicted octanol–water partition coefficient (Wildman–Crippen LogP) is 4.14. The highest BCUT2D eigenvalue weighted by atomic mass is 16.6. The van der Waals surface area contributed by atoms with Crippen molar-refractivity contribution in [2.24, 2.45) is 5.10 Å². The maximum atomic E-state index is 11.2. The number of carboxylic acids is 1. The number of hydrogen-bond donors (Lipinski definition) is 2. The number of anilines is 1. The molecule has 9 heteroatoms. The van der Waals surface area contributed by atoms with Gasteiger partial charge in [-0.2, -0.15) is 5.10 Å². The Morgan fingerprint density at radius 2 is 2.03 bits per heavy atom. The molecule has 0 saturated heterocycles. The van der Waals surface area contributed by atoms with E-state index in [1.54, 1.807) is 24.4 Å². The summed E-state index contributed by atoms with van der Waals surface area (Å²) in [6.07, 6.45) is 4.75. The molecule has 0 aliphatic heterocycles. The smallest absolute Gasteiger partial charge is 0.335 e. The van der Waals surface area contributed by atoms with Crippen LogP contribution in [0.3, 0.4) is 0 Å². The summed E-state index contributed by atoms with van der Waals surface area (Å²) in [5, 5.41) is 25.1. The Hall–Kier alpha value is -4.53. The molecule has 154 valence electrons. The molecule has 0 saturated carbocycles. The van der Waals surface area contributed by atoms with Crippen LogP contribution in [0, 0.1) is 10.1 Å². The summed E-state index contributed by atoms with van der Waals surface area (Å²) >= 11 is 0. The number of hydrazone groups is 1. The third-order valence-electron chi connectivity index (χ3n) is 4.69. The summed E-state index contributed by atoms with van der Waals surface area (Å²) in [5.74, 6) is -0.575. The van der Waals surface area contributed by atoms with E-state index in [4.69, 9.17) is 0 Å². The molecule has 2 heterocycles. The minimum Gasteiger partial charge on any atom is -0.478 e. The molecule has 4 rings (SSSR count). The monoisotopic (exact) mass is 415 g/mol. The zero-order valence-electron chi connectivity index (χ0n) is 16.2. The van der Waals surface area contributed by atoms with Crippen molar-refractivity contribution in [1.29, 1.82) is 0 Å². The molecule has 0 radical (unpaired) electrons. The number of pyridine rings is 1. The number of aromatic carboxylic acids is 1. The zero-order chi connectivity index (χ0) is 21.8. The van der Waals surface area contributed by atoms with Crippen LogP contribution < -0.4 is 5.43 Å². The van der Waals surface area contributed by atoms with Crippen molar-refractivity contribution in [3.63, 3.8) is 0 Å². The lowest BCUT2D eigenvalue weighted by Gasteiger charge is -2.06. The second-order valence-electron chi connectivity index (χ2n) is 6.76. The van der Waals surface area contributed by atoms with Gasteiger partial charge in [-0.25, -0.2) is 9.78 Å². The second-order valence-corrected chi connectivity index (χ2v) is 6.76. The maximum absolute atomic E-state index is 11.2. The van der Waals surface area contributed by atoms with Gasteiger partial charge in [0, 0.05) is 35.3 Å². The van der Waals surface area contributed by atoms with Crippen LogP contribution in [-0.2, 0) is 6.54 Å². The number of carboxylic acid groups (broad SMARTS) is 1. The Kier molecular flexibility index (Phi) is 5.39. The average Bonchev–Trinajstić information content (AvgIpc) is 3.12. The number of carbonyl (C=O) groups is 1. The van der Waals surface area contributed by atoms with Gasteiger partial charge in [0.15, 0.2) is 0 Å². The highest BCUT2D eigenvalue weighted by Gasteiger charge is 2.09. The van der Waals surface area contributed by atoms with Crippen LogP contribution in [-0.4, -0.2) is 31.8 Å². The molecule has 0 fully saturated rings. The lowest BCUT2D eigenvalue weighted by atomic mass is 10.1. The molecule has 0 bridgehead atoms. The number of hydrogen-bond acceptors (Lipinski definition) is 6. The van der Waals surface area contributed by atoms with Gasteiger partial charge in [-0.15, -0.1) is 0 Å².